The predicted octanol–water partition coefficient (Wildman–Crippen LogP) is 2.01. The van der Waals surface area contributed by atoms with Crippen molar-refractivity contribution >= 4 is 17.3 Å². The molecule has 0 aliphatic carbocycles. The second-order valence-corrected chi connectivity index (χ2v) is 4.14. The molecule has 3 heteroatoms. The largest absolute Gasteiger partial charge is 0.398 e. The Morgan fingerprint density at radius 2 is 2.00 bits per heavy atom. The number of nitrogen functional groups attached to an aromatic ring is 1. The van der Waals surface area contributed by atoms with Gasteiger partial charge in [0.2, 0.25) is 5.91 Å². The number of amides is 1. The van der Waals surface area contributed by atoms with E-state index in [1.54, 1.807) is 0 Å². The quantitative estimate of drug-likeness (QED) is 0.711. The smallest absolute Gasteiger partial charge is 0.227 e. The van der Waals surface area contributed by atoms with Crippen LogP contribution >= 0.6 is 0 Å². The molecule has 3 nitrogen and oxygen atoms in total. The summed E-state index contributed by atoms with van der Waals surface area (Å²) in [6.07, 6.45) is 1.61. The fourth-order valence-corrected chi connectivity index (χ4v) is 2.05. The van der Waals surface area contributed by atoms with Gasteiger partial charge in [-0.1, -0.05) is 6.07 Å². The molecule has 1 aromatic carbocycles. The third-order valence-corrected chi connectivity index (χ3v) is 2.95. The van der Waals surface area contributed by atoms with Crippen LogP contribution in [-0.2, 0) is 4.79 Å². The van der Waals surface area contributed by atoms with Gasteiger partial charge >= 0.3 is 0 Å². The van der Waals surface area contributed by atoms with Crippen molar-refractivity contribution in [2.24, 2.45) is 0 Å². The Morgan fingerprint density at radius 1 is 1.27 bits per heavy atom. The first-order valence-corrected chi connectivity index (χ1v) is 5.26. The molecule has 1 fully saturated rings. The maximum atomic E-state index is 11.6. The van der Waals surface area contributed by atoms with Crippen LogP contribution in [0.3, 0.4) is 0 Å². The van der Waals surface area contributed by atoms with Gasteiger partial charge in [0, 0.05) is 24.3 Å². The summed E-state index contributed by atoms with van der Waals surface area (Å²) in [6, 6.07) is 3.95. The van der Waals surface area contributed by atoms with Crippen molar-refractivity contribution in [3.63, 3.8) is 0 Å². The second-order valence-electron chi connectivity index (χ2n) is 4.14. The minimum atomic E-state index is 0.210. The Morgan fingerprint density at radius 3 is 2.60 bits per heavy atom. The number of nitrogens with two attached hydrogens (primary N) is 1. The van der Waals surface area contributed by atoms with Crippen LogP contribution < -0.4 is 10.6 Å². The predicted molar refractivity (Wildman–Crippen MR) is 61.9 cm³/mol. The molecular formula is C12H16N2O. The van der Waals surface area contributed by atoms with E-state index in [0.29, 0.717) is 6.42 Å². The average molecular weight is 204 g/mol. The van der Waals surface area contributed by atoms with Gasteiger partial charge in [0.1, 0.15) is 0 Å². The molecule has 1 heterocycles. The fraction of sp³-hybridized carbons (Fsp3) is 0.417. The molecule has 0 aromatic heterocycles. The number of benzene rings is 1. The zero-order valence-electron chi connectivity index (χ0n) is 9.21. The van der Waals surface area contributed by atoms with E-state index in [4.69, 9.17) is 5.73 Å². The molecule has 2 N–H and O–H groups in total. The Kier molecular flexibility index (Phi) is 2.39. The first kappa shape index (κ1) is 10.0. The molecule has 2 rings (SSSR count). The lowest BCUT2D eigenvalue weighted by atomic mass is 10.1. The maximum Gasteiger partial charge on any atom is 0.227 e. The van der Waals surface area contributed by atoms with Gasteiger partial charge in [-0.15, -0.1) is 0 Å². The lowest BCUT2D eigenvalue weighted by Gasteiger charge is -2.19. The topological polar surface area (TPSA) is 46.3 Å². The molecular weight excluding hydrogens is 188 g/mol. The third-order valence-electron chi connectivity index (χ3n) is 2.95. The highest BCUT2D eigenvalue weighted by Crippen LogP contribution is 2.28. The minimum Gasteiger partial charge on any atom is -0.398 e. The Hall–Kier alpha value is -1.51. The summed E-state index contributed by atoms with van der Waals surface area (Å²) in [7, 11) is 0. The summed E-state index contributed by atoms with van der Waals surface area (Å²) in [5.74, 6) is 0.210. The number of hydrogen-bond acceptors (Lipinski definition) is 2. The first-order chi connectivity index (χ1) is 7.09. The molecule has 0 bridgehead atoms. The molecule has 80 valence electrons. The molecule has 15 heavy (non-hydrogen) atoms. The van der Waals surface area contributed by atoms with E-state index in [1.807, 2.05) is 30.9 Å². The molecule has 0 saturated carbocycles. The van der Waals surface area contributed by atoms with E-state index >= 15 is 0 Å². The number of hydrogen-bond donors (Lipinski definition) is 1. The van der Waals surface area contributed by atoms with Crippen LogP contribution in [-0.4, -0.2) is 12.5 Å². The third kappa shape index (κ3) is 1.69. The fourth-order valence-electron chi connectivity index (χ4n) is 2.05. The molecule has 0 unspecified atom stereocenters. The molecule has 0 atom stereocenters. The van der Waals surface area contributed by atoms with Gasteiger partial charge in [-0.05, 0) is 37.5 Å². The number of rotatable bonds is 1. The number of anilines is 2. The van der Waals surface area contributed by atoms with Gasteiger partial charge in [0.05, 0.1) is 0 Å². The highest BCUT2D eigenvalue weighted by molar-refractivity contribution is 5.96. The van der Waals surface area contributed by atoms with E-state index in [-0.39, 0.29) is 5.91 Å². The number of aryl methyl sites for hydroxylation is 2. The Balaban J connectivity index is 2.43. The van der Waals surface area contributed by atoms with E-state index in [0.717, 1.165) is 35.5 Å². The van der Waals surface area contributed by atoms with Crippen molar-refractivity contribution in [1.29, 1.82) is 0 Å². The van der Waals surface area contributed by atoms with Crippen LogP contribution in [0, 0.1) is 13.8 Å². The Bertz CT molecular complexity index is 412. The van der Waals surface area contributed by atoms with Crippen molar-refractivity contribution in [2.75, 3.05) is 17.2 Å². The van der Waals surface area contributed by atoms with Crippen LogP contribution in [0.15, 0.2) is 12.1 Å². The van der Waals surface area contributed by atoms with Crippen molar-refractivity contribution in [1.82, 2.24) is 0 Å². The molecule has 0 radical (unpaired) electrons. The van der Waals surface area contributed by atoms with Crippen LogP contribution in [0.25, 0.3) is 0 Å². The second kappa shape index (κ2) is 3.57. The van der Waals surface area contributed by atoms with Gasteiger partial charge in [-0.25, -0.2) is 0 Å². The summed E-state index contributed by atoms with van der Waals surface area (Å²) < 4.78 is 0. The lowest BCUT2D eigenvalue weighted by molar-refractivity contribution is -0.117. The molecule has 1 aliphatic rings. The van der Waals surface area contributed by atoms with Crippen LogP contribution in [0.1, 0.15) is 24.0 Å². The van der Waals surface area contributed by atoms with Gasteiger partial charge < -0.3 is 10.6 Å². The normalized spacial score (nSPS) is 16.1. The van der Waals surface area contributed by atoms with Gasteiger partial charge in [0.25, 0.3) is 0 Å². The van der Waals surface area contributed by atoms with Crippen LogP contribution in [0.2, 0.25) is 0 Å². The molecule has 1 aromatic rings. The van der Waals surface area contributed by atoms with E-state index in [9.17, 15) is 4.79 Å². The summed E-state index contributed by atoms with van der Waals surface area (Å²) in [5.41, 5.74) is 9.79. The van der Waals surface area contributed by atoms with E-state index in [1.165, 1.54) is 0 Å². The summed E-state index contributed by atoms with van der Waals surface area (Å²) in [6.45, 7) is 4.83. The van der Waals surface area contributed by atoms with Crippen molar-refractivity contribution in [2.45, 2.75) is 26.7 Å². The minimum absolute atomic E-state index is 0.210. The van der Waals surface area contributed by atoms with Gasteiger partial charge in [0.15, 0.2) is 0 Å². The summed E-state index contributed by atoms with van der Waals surface area (Å²) in [4.78, 5) is 13.4. The van der Waals surface area contributed by atoms with Crippen molar-refractivity contribution < 1.29 is 4.79 Å². The van der Waals surface area contributed by atoms with Crippen molar-refractivity contribution in [3.8, 4) is 0 Å². The van der Waals surface area contributed by atoms with Crippen LogP contribution in [0.5, 0.6) is 0 Å². The standard InChI is InChI=1S/C12H16N2O/c1-8-6-9(2)11(7-10(8)13)14-5-3-4-12(14)15/h6-7H,3-5,13H2,1-2H3. The average Bonchev–Trinajstić information content (AvgIpc) is 2.58. The zero-order chi connectivity index (χ0) is 11.0. The number of nitrogens with zero attached hydrogens (tertiary/aromatic N) is 1. The number of carbonyl (C=O) groups is 1. The van der Waals surface area contributed by atoms with E-state index < -0.39 is 0 Å². The monoisotopic (exact) mass is 204 g/mol. The highest BCUT2D eigenvalue weighted by Gasteiger charge is 2.23. The van der Waals surface area contributed by atoms with Crippen LogP contribution in [0.4, 0.5) is 11.4 Å². The molecule has 1 aliphatic heterocycles. The zero-order valence-corrected chi connectivity index (χ0v) is 9.21. The lowest BCUT2D eigenvalue weighted by Crippen LogP contribution is -2.24. The summed E-state index contributed by atoms with van der Waals surface area (Å²) >= 11 is 0. The van der Waals surface area contributed by atoms with Crippen molar-refractivity contribution in [3.05, 3.63) is 23.3 Å². The SMILES string of the molecule is Cc1cc(C)c(N2CCCC2=O)cc1N. The molecule has 1 amide bonds. The maximum absolute atomic E-state index is 11.6. The van der Waals surface area contributed by atoms with Gasteiger partial charge in [-0.2, -0.15) is 0 Å². The summed E-state index contributed by atoms with van der Waals surface area (Å²) in [5, 5.41) is 0. The van der Waals surface area contributed by atoms with Gasteiger partial charge in [-0.3, -0.25) is 4.79 Å². The molecule has 1 saturated heterocycles. The first-order valence-electron chi connectivity index (χ1n) is 5.26. The molecule has 0 spiro atoms. The number of carbonyl (C=O) groups excluding carboxylic acids is 1. The Labute approximate surface area is 89.9 Å². The highest BCUT2D eigenvalue weighted by atomic mass is 16.2. The van der Waals surface area contributed by atoms with E-state index in [2.05, 4.69) is 0 Å².